The summed E-state index contributed by atoms with van der Waals surface area (Å²) in [6.07, 6.45) is 16.0. The molecule has 0 aromatic heterocycles. The summed E-state index contributed by atoms with van der Waals surface area (Å²) in [6, 6.07) is 0. The third kappa shape index (κ3) is 4.63. The zero-order valence-electron chi connectivity index (χ0n) is 22.8. The van der Waals surface area contributed by atoms with Crippen LogP contribution >= 0.6 is 11.8 Å². The van der Waals surface area contributed by atoms with Gasteiger partial charge in [0.2, 0.25) is 0 Å². The molecule has 0 radical (unpaired) electrons. The molecule has 9 atom stereocenters. The van der Waals surface area contributed by atoms with E-state index in [4.69, 9.17) is 0 Å². The molecule has 0 aromatic carbocycles. The van der Waals surface area contributed by atoms with Gasteiger partial charge in [-0.25, -0.2) is 0 Å². The van der Waals surface area contributed by atoms with E-state index in [-0.39, 0.29) is 0 Å². The van der Waals surface area contributed by atoms with Crippen molar-refractivity contribution in [2.24, 2.45) is 52.3 Å². The predicted octanol–water partition coefficient (Wildman–Crippen LogP) is 9.11. The van der Waals surface area contributed by atoms with E-state index < -0.39 is 5.60 Å². The molecule has 0 aromatic rings. The largest absolute Gasteiger partial charge is 0.385 e. The molecule has 0 saturated heterocycles. The van der Waals surface area contributed by atoms with Crippen molar-refractivity contribution in [1.82, 2.24) is 0 Å². The Morgan fingerprint density at radius 3 is 2.36 bits per heavy atom. The smallest absolute Gasteiger partial charge is 0.0951 e. The van der Waals surface area contributed by atoms with Gasteiger partial charge >= 0.3 is 0 Å². The zero-order valence-corrected chi connectivity index (χ0v) is 23.6. The lowest BCUT2D eigenvalue weighted by atomic mass is 9.43. The monoisotopic (exact) mass is 474 g/mol. The van der Waals surface area contributed by atoms with Gasteiger partial charge in [-0.1, -0.05) is 67.4 Å². The van der Waals surface area contributed by atoms with Crippen LogP contribution in [-0.2, 0) is 0 Å². The van der Waals surface area contributed by atoms with Crippen LogP contribution < -0.4 is 0 Å². The number of hydrogen-bond acceptors (Lipinski definition) is 2. The predicted molar refractivity (Wildman–Crippen MR) is 145 cm³/mol. The van der Waals surface area contributed by atoms with Crippen LogP contribution in [0.4, 0.5) is 0 Å². The van der Waals surface area contributed by atoms with Crippen LogP contribution in [0.5, 0.6) is 0 Å². The van der Waals surface area contributed by atoms with Crippen molar-refractivity contribution in [3.8, 4) is 0 Å². The first-order chi connectivity index (χ1) is 15.5. The van der Waals surface area contributed by atoms with E-state index in [0.29, 0.717) is 16.7 Å². The molecule has 0 unspecified atom stereocenters. The summed E-state index contributed by atoms with van der Waals surface area (Å²) in [5.74, 6) is 7.19. The van der Waals surface area contributed by atoms with E-state index in [9.17, 15) is 5.11 Å². The van der Waals surface area contributed by atoms with Gasteiger partial charge in [0, 0.05) is 4.91 Å². The minimum Gasteiger partial charge on any atom is -0.385 e. The summed E-state index contributed by atoms with van der Waals surface area (Å²) in [5.41, 5.74) is 0.405. The fourth-order valence-corrected chi connectivity index (χ4v) is 10.6. The lowest BCUT2D eigenvalue weighted by Gasteiger charge is -2.62. The summed E-state index contributed by atoms with van der Waals surface area (Å²) in [7, 11) is 0. The number of hydrogen-bond donors (Lipinski definition) is 1. The molecule has 4 aliphatic carbocycles. The maximum Gasteiger partial charge on any atom is 0.0951 e. The average Bonchev–Trinajstić information content (AvgIpc) is 3.11. The van der Waals surface area contributed by atoms with Crippen LogP contribution in [-0.4, -0.2) is 16.5 Å². The molecule has 0 amide bonds. The maximum absolute atomic E-state index is 11.5. The number of rotatable bonds is 8. The molecule has 2 heteroatoms. The third-order valence-corrected chi connectivity index (χ3v) is 12.8. The summed E-state index contributed by atoms with van der Waals surface area (Å²) in [5, 5.41) is 11.5. The van der Waals surface area contributed by atoms with Crippen LogP contribution in [0.3, 0.4) is 0 Å². The molecule has 4 fully saturated rings. The molecule has 1 nitrogen and oxygen atoms in total. The topological polar surface area (TPSA) is 20.2 Å². The normalized spacial score (nSPS) is 45.9. The standard InChI is InChI=1S/C31H54OS/c1-8-33-23(5)31(32)19-18-29(6)24(20-31)12-13-25-27-15-14-26(22(4)11-9-10-21(2)3)30(27,7)17-16-28(25)29/h21-22,24-28,32H,5,8-20H2,1-4,6-7H3/t22-,24+,25+,26-,27+,28+,29+,30-,31+/m1/s1. The van der Waals surface area contributed by atoms with Crippen LogP contribution in [0.15, 0.2) is 11.5 Å². The molecular formula is C31H54OS. The van der Waals surface area contributed by atoms with Crippen molar-refractivity contribution in [3.63, 3.8) is 0 Å². The average molecular weight is 475 g/mol. The van der Waals surface area contributed by atoms with Gasteiger partial charge in [0.1, 0.15) is 0 Å². The van der Waals surface area contributed by atoms with Gasteiger partial charge in [-0.3, -0.25) is 0 Å². The maximum atomic E-state index is 11.5. The molecule has 4 rings (SSSR count). The Balaban J connectivity index is 1.45. The van der Waals surface area contributed by atoms with Crippen LogP contribution in [0, 0.1) is 52.3 Å². The summed E-state index contributed by atoms with van der Waals surface area (Å²) in [6.45, 7) is 19.2. The van der Waals surface area contributed by atoms with Gasteiger partial charge in [-0.15, -0.1) is 11.8 Å². The molecule has 4 aliphatic rings. The van der Waals surface area contributed by atoms with E-state index in [2.05, 4.69) is 48.1 Å². The summed E-state index contributed by atoms with van der Waals surface area (Å²) < 4.78 is 0. The van der Waals surface area contributed by atoms with Crippen molar-refractivity contribution >= 4 is 11.8 Å². The van der Waals surface area contributed by atoms with Crippen molar-refractivity contribution in [2.75, 3.05) is 5.75 Å². The highest BCUT2D eigenvalue weighted by molar-refractivity contribution is 8.03. The second-order valence-corrected chi connectivity index (χ2v) is 15.1. The number of fused-ring (bicyclic) bond motifs is 5. The van der Waals surface area contributed by atoms with Gasteiger partial charge in [0.15, 0.2) is 0 Å². The molecule has 0 heterocycles. The van der Waals surface area contributed by atoms with Crippen molar-refractivity contribution in [1.29, 1.82) is 0 Å². The van der Waals surface area contributed by atoms with Crippen molar-refractivity contribution in [3.05, 3.63) is 11.5 Å². The fraction of sp³-hybridized carbons (Fsp3) is 0.935. The lowest BCUT2D eigenvalue weighted by molar-refractivity contribution is -0.142. The summed E-state index contributed by atoms with van der Waals surface area (Å²) >= 11 is 1.78. The molecular weight excluding hydrogens is 420 g/mol. The highest BCUT2D eigenvalue weighted by Gasteiger charge is 2.61. The van der Waals surface area contributed by atoms with Gasteiger partial charge in [0.05, 0.1) is 5.60 Å². The Bertz CT molecular complexity index is 701. The highest BCUT2D eigenvalue weighted by atomic mass is 32.2. The van der Waals surface area contributed by atoms with Crippen molar-refractivity contribution in [2.45, 2.75) is 124 Å². The first kappa shape index (κ1) is 26.1. The number of thioether (sulfide) groups is 1. The van der Waals surface area contributed by atoms with E-state index in [1.807, 2.05) is 0 Å². The van der Waals surface area contributed by atoms with Gasteiger partial charge in [-0.2, -0.15) is 0 Å². The second kappa shape index (κ2) is 9.84. The molecule has 1 N–H and O–H groups in total. The van der Waals surface area contributed by atoms with Gasteiger partial charge < -0.3 is 5.11 Å². The van der Waals surface area contributed by atoms with E-state index >= 15 is 0 Å². The minimum absolute atomic E-state index is 0.439. The SMILES string of the molecule is C=C(SCC)[C@]1(O)CC[C@@]2(C)[C@@H](CC[C@@H]3[C@@H]2CC[C@]2(C)[C@@H]([C@H](C)CCCC(C)C)CC[C@@H]32)C1. The quantitative estimate of drug-likeness (QED) is 0.378. The first-order valence-electron chi connectivity index (χ1n) is 14.6. The third-order valence-electron chi connectivity index (χ3n) is 11.8. The lowest BCUT2D eigenvalue weighted by Crippen LogP contribution is -2.56. The molecule has 0 bridgehead atoms. The van der Waals surface area contributed by atoms with Crippen LogP contribution in [0.1, 0.15) is 119 Å². The first-order valence-corrected chi connectivity index (χ1v) is 15.6. The fourth-order valence-electron chi connectivity index (χ4n) is 9.83. The Morgan fingerprint density at radius 2 is 1.67 bits per heavy atom. The minimum atomic E-state index is -0.620. The molecule has 33 heavy (non-hydrogen) atoms. The Kier molecular flexibility index (Phi) is 7.79. The number of aliphatic hydroxyl groups is 1. The molecule has 0 aliphatic heterocycles. The van der Waals surface area contributed by atoms with E-state index in [0.717, 1.165) is 59.0 Å². The Hall–Kier alpha value is 0.0500. The van der Waals surface area contributed by atoms with E-state index in [1.165, 1.54) is 64.2 Å². The van der Waals surface area contributed by atoms with Gasteiger partial charge in [0.25, 0.3) is 0 Å². The second-order valence-electron chi connectivity index (χ2n) is 13.8. The van der Waals surface area contributed by atoms with E-state index in [1.54, 1.807) is 11.8 Å². The summed E-state index contributed by atoms with van der Waals surface area (Å²) in [4.78, 5) is 1.04. The highest BCUT2D eigenvalue weighted by Crippen LogP contribution is 2.69. The molecule has 190 valence electrons. The Morgan fingerprint density at radius 1 is 0.939 bits per heavy atom. The molecule has 0 spiro atoms. The van der Waals surface area contributed by atoms with Crippen LogP contribution in [0.25, 0.3) is 0 Å². The molecule has 4 saturated carbocycles. The van der Waals surface area contributed by atoms with Gasteiger partial charge in [-0.05, 0) is 116 Å². The zero-order chi connectivity index (χ0) is 24.0. The Labute approximate surface area is 210 Å². The van der Waals surface area contributed by atoms with Crippen molar-refractivity contribution < 1.29 is 5.11 Å². The van der Waals surface area contributed by atoms with Crippen LogP contribution in [0.2, 0.25) is 0 Å².